The average Bonchev–Trinajstić information content (AvgIpc) is 2.39. The quantitative estimate of drug-likeness (QED) is 0.770. The average molecular weight is 220 g/mol. The minimum Gasteiger partial charge on any atom is -0.338 e. The summed E-state index contributed by atoms with van der Waals surface area (Å²) in [5.74, 6) is 0.867. The number of anilines is 1. The van der Waals surface area contributed by atoms with E-state index in [1.165, 1.54) is 6.42 Å². The lowest BCUT2D eigenvalue weighted by atomic mass is 10.2. The minimum absolute atomic E-state index is 0.693. The van der Waals surface area contributed by atoms with Crippen LogP contribution in [0.4, 0.5) is 5.95 Å². The van der Waals surface area contributed by atoms with E-state index >= 15 is 0 Å². The minimum atomic E-state index is 0.693. The number of hydrogen-bond acceptors (Lipinski definition) is 4. The first-order chi connectivity index (χ1) is 7.81. The van der Waals surface area contributed by atoms with Crippen LogP contribution in [0.25, 0.3) is 0 Å². The Morgan fingerprint density at radius 2 is 1.81 bits per heavy atom. The summed E-state index contributed by atoms with van der Waals surface area (Å²) < 4.78 is 0. The highest BCUT2D eigenvalue weighted by Crippen LogP contribution is 2.12. The van der Waals surface area contributed by atoms with E-state index in [-0.39, 0.29) is 0 Å². The maximum atomic E-state index is 4.29. The maximum Gasteiger partial charge on any atom is 0.225 e. The summed E-state index contributed by atoms with van der Waals surface area (Å²) in [5.41, 5.74) is 0. The topological polar surface area (TPSA) is 32.3 Å². The molecule has 2 rings (SSSR count). The van der Waals surface area contributed by atoms with Gasteiger partial charge in [0.15, 0.2) is 0 Å². The molecule has 1 atom stereocenters. The van der Waals surface area contributed by atoms with Crippen LogP contribution in [0, 0.1) is 0 Å². The molecular weight excluding hydrogens is 200 g/mol. The van der Waals surface area contributed by atoms with Gasteiger partial charge in [-0.1, -0.05) is 6.92 Å². The molecule has 0 spiro atoms. The van der Waals surface area contributed by atoms with Crippen LogP contribution in [0.1, 0.15) is 20.3 Å². The zero-order valence-corrected chi connectivity index (χ0v) is 10.1. The predicted molar refractivity (Wildman–Crippen MR) is 65.6 cm³/mol. The number of nitrogens with zero attached hydrogens (tertiary/aromatic N) is 4. The molecule has 0 aromatic carbocycles. The van der Waals surface area contributed by atoms with Crippen molar-refractivity contribution in [2.24, 2.45) is 0 Å². The van der Waals surface area contributed by atoms with Crippen LogP contribution in [-0.2, 0) is 0 Å². The van der Waals surface area contributed by atoms with Gasteiger partial charge in [0.05, 0.1) is 0 Å². The fraction of sp³-hybridized carbons (Fsp3) is 0.667. The highest BCUT2D eigenvalue weighted by molar-refractivity contribution is 5.29. The summed E-state index contributed by atoms with van der Waals surface area (Å²) >= 11 is 0. The van der Waals surface area contributed by atoms with E-state index in [4.69, 9.17) is 0 Å². The molecule has 1 fully saturated rings. The molecule has 0 aliphatic carbocycles. The second kappa shape index (κ2) is 5.25. The van der Waals surface area contributed by atoms with Crippen molar-refractivity contribution in [1.29, 1.82) is 0 Å². The zero-order valence-electron chi connectivity index (χ0n) is 10.1. The zero-order chi connectivity index (χ0) is 11.4. The van der Waals surface area contributed by atoms with E-state index in [0.717, 1.165) is 32.1 Å². The van der Waals surface area contributed by atoms with Crippen LogP contribution < -0.4 is 4.90 Å². The predicted octanol–water partition coefficient (Wildman–Crippen LogP) is 1.40. The van der Waals surface area contributed by atoms with E-state index in [2.05, 4.69) is 33.6 Å². The Morgan fingerprint density at radius 3 is 2.38 bits per heavy atom. The van der Waals surface area contributed by atoms with E-state index < -0.39 is 0 Å². The Morgan fingerprint density at radius 1 is 1.19 bits per heavy atom. The molecule has 1 aliphatic heterocycles. The van der Waals surface area contributed by atoms with Crippen molar-refractivity contribution >= 4 is 5.95 Å². The van der Waals surface area contributed by atoms with Crippen LogP contribution in [0.5, 0.6) is 0 Å². The Labute approximate surface area is 97.3 Å². The fourth-order valence-corrected chi connectivity index (χ4v) is 2.08. The Balaban J connectivity index is 1.91. The van der Waals surface area contributed by atoms with Gasteiger partial charge < -0.3 is 4.90 Å². The van der Waals surface area contributed by atoms with Gasteiger partial charge in [-0.3, -0.25) is 4.90 Å². The third-order valence-corrected chi connectivity index (χ3v) is 3.36. The van der Waals surface area contributed by atoms with E-state index in [1.54, 1.807) is 0 Å². The highest BCUT2D eigenvalue weighted by Gasteiger charge is 2.21. The van der Waals surface area contributed by atoms with Gasteiger partial charge in [-0.15, -0.1) is 0 Å². The number of piperazine rings is 1. The van der Waals surface area contributed by atoms with Gasteiger partial charge in [-0.25, -0.2) is 9.97 Å². The molecule has 1 aromatic heterocycles. The first kappa shape index (κ1) is 11.3. The first-order valence-electron chi connectivity index (χ1n) is 6.07. The van der Waals surface area contributed by atoms with Gasteiger partial charge >= 0.3 is 0 Å². The van der Waals surface area contributed by atoms with E-state index in [0.29, 0.717) is 6.04 Å². The SMILES string of the molecule is CCC(C)N1CCN(c2ncccn2)CC1. The molecule has 0 N–H and O–H groups in total. The molecule has 2 heterocycles. The van der Waals surface area contributed by atoms with Gasteiger partial charge in [-0.05, 0) is 19.4 Å². The summed E-state index contributed by atoms with van der Waals surface area (Å²) in [7, 11) is 0. The van der Waals surface area contributed by atoms with Crippen LogP contribution in [0.2, 0.25) is 0 Å². The van der Waals surface area contributed by atoms with Gasteiger partial charge in [0.2, 0.25) is 5.95 Å². The Hall–Kier alpha value is -1.16. The van der Waals surface area contributed by atoms with Crippen LogP contribution in [-0.4, -0.2) is 47.1 Å². The van der Waals surface area contributed by atoms with Gasteiger partial charge in [0.1, 0.15) is 0 Å². The number of hydrogen-bond donors (Lipinski definition) is 0. The fourth-order valence-electron chi connectivity index (χ4n) is 2.08. The molecule has 1 saturated heterocycles. The van der Waals surface area contributed by atoms with Crippen molar-refractivity contribution in [3.05, 3.63) is 18.5 Å². The summed E-state index contributed by atoms with van der Waals surface area (Å²) in [4.78, 5) is 13.4. The summed E-state index contributed by atoms with van der Waals surface area (Å²) in [6, 6.07) is 2.55. The highest BCUT2D eigenvalue weighted by atomic mass is 15.3. The van der Waals surface area contributed by atoms with Gasteiger partial charge in [-0.2, -0.15) is 0 Å². The molecule has 16 heavy (non-hydrogen) atoms. The third-order valence-electron chi connectivity index (χ3n) is 3.36. The lowest BCUT2D eigenvalue weighted by Gasteiger charge is -2.37. The molecule has 0 bridgehead atoms. The first-order valence-corrected chi connectivity index (χ1v) is 6.07. The van der Waals surface area contributed by atoms with Crippen LogP contribution >= 0.6 is 0 Å². The molecule has 1 unspecified atom stereocenters. The van der Waals surface area contributed by atoms with E-state index in [9.17, 15) is 0 Å². The summed E-state index contributed by atoms with van der Waals surface area (Å²) in [6.07, 6.45) is 4.84. The van der Waals surface area contributed by atoms with Crippen molar-refractivity contribution in [2.75, 3.05) is 31.1 Å². The van der Waals surface area contributed by atoms with Crippen molar-refractivity contribution in [3.8, 4) is 0 Å². The van der Waals surface area contributed by atoms with E-state index in [1.807, 2.05) is 18.5 Å². The molecule has 4 nitrogen and oxygen atoms in total. The largest absolute Gasteiger partial charge is 0.338 e. The maximum absolute atomic E-state index is 4.29. The molecular formula is C12H20N4. The second-order valence-electron chi connectivity index (χ2n) is 4.33. The summed E-state index contributed by atoms with van der Waals surface area (Å²) in [6.45, 7) is 8.86. The van der Waals surface area contributed by atoms with Crippen molar-refractivity contribution in [3.63, 3.8) is 0 Å². The second-order valence-corrected chi connectivity index (χ2v) is 4.33. The molecule has 1 aliphatic rings. The number of aromatic nitrogens is 2. The number of rotatable bonds is 3. The molecule has 0 saturated carbocycles. The monoisotopic (exact) mass is 220 g/mol. The lowest BCUT2D eigenvalue weighted by molar-refractivity contribution is 0.192. The molecule has 0 radical (unpaired) electrons. The van der Waals surface area contributed by atoms with Crippen LogP contribution in [0.3, 0.4) is 0 Å². The summed E-state index contributed by atoms with van der Waals surface area (Å²) in [5, 5.41) is 0. The van der Waals surface area contributed by atoms with Crippen molar-refractivity contribution < 1.29 is 0 Å². The molecule has 0 amide bonds. The molecule has 1 aromatic rings. The van der Waals surface area contributed by atoms with Crippen molar-refractivity contribution in [1.82, 2.24) is 14.9 Å². The van der Waals surface area contributed by atoms with Gasteiger partial charge in [0, 0.05) is 44.6 Å². The van der Waals surface area contributed by atoms with Crippen molar-refractivity contribution in [2.45, 2.75) is 26.3 Å². The lowest BCUT2D eigenvalue weighted by Crippen LogP contribution is -2.49. The van der Waals surface area contributed by atoms with Gasteiger partial charge in [0.25, 0.3) is 0 Å². The Kier molecular flexibility index (Phi) is 3.72. The normalized spacial score (nSPS) is 19.8. The van der Waals surface area contributed by atoms with Crippen LogP contribution in [0.15, 0.2) is 18.5 Å². The smallest absolute Gasteiger partial charge is 0.225 e. The standard InChI is InChI=1S/C12H20N4/c1-3-11(2)15-7-9-16(10-8-15)12-13-5-4-6-14-12/h4-6,11H,3,7-10H2,1-2H3. The Bertz CT molecular complexity index is 306. The molecule has 4 heteroatoms. The molecule has 88 valence electrons. The third kappa shape index (κ3) is 2.50.